The zero-order chi connectivity index (χ0) is 20.4. The van der Waals surface area contributed by atoms with E-state index in [0.29, 0.717) is 16.2 Å². The molecule has 0 radical (unpaired) electrons. The van der Waals surface area contributed by atoms with Crippen LogP contribution in [0.5, 0.6) is 0 Å². The van der Waals surface area contributed by atoms with Gasteiger partial charge in [0.2, 0.25) is 11.8 Å². The van der Waals surface area contributed by atoms with Gasteiger partial charge in [-0.05, 0) is 35.0 Å². The maximum Gasteiger partial charge on any atom is 0.248 e. The molecule has 2 aromatic heterocycles. The lowest BCUT2D eigenvalue weighted by Crippen LogP contribution is -2.44. The van der Waals surface area contributed by atoms with Crippen molar-refractivity contribution >= 4 is 39.3 Å². The number of hydrogen-bond acceptors (Lipinski definition) is 5. The zero-order valence-corrected chi connectivity index (χ0v) is 16.9. The third-order valence-electron chi connectivity index (χ3n) is 4.48. The fourth-order valence-corrected chi connectivity index (χ4v) is 3.41. The summed E-state index contributed by atoms with van der Waals surface area (Å²) in [4.78, 5) is 46.2. The van der Waals surface area contributed by atoms with E-state index >= 15 is 0 Å². The first kappa shape index (κ1) is 20.1. The van der Waals surface area contributed by atoms with Crippen molar-refractivity contribution in [2.24, 2.45) is 0 Å². The van der Waals surface area contributed by atoms with Crippen LogP contribution < -0.4 is 5.32 Å². The molecule has 10 heteroatoms. The van der Waals surface area contributed by atoms with Crippen LogP contribution in [0, 0.1) is 6.92 Å². The molecule has 0 aromatic carbocycles. The Labute approximate surface area is 169 Å². The van der Waals surface area contributed by atoms with Gasteiger partial charge in [0.15, 0.2) is 5.78 Å². The molecule has 0 saturated carbocycles. The van der Waals surface area contributed by atoms with Gasteiger partial charge in [0.1, 0.15) is 40.7 Å². The van der Waals surface area contributed by atoms with Crippen LogP contribution in [0.15, 0.2) is 29.0 Å². The largest absolute Gasteiger partial charge is 0.326 e. The highest BCUT2D eigenvalue weighted by atomic mass is 79.9. The van der Waals surface area contributed by atoms with Crippen molar-refractivity contribution in [2.45, 2.75) is 39.0 Å². The second-order valence-electron chi connectivity index (χ2n) is 6.59. The topological polar surface area (TPSA) is 97.2 Å². The molecule has 2 atom stereocenters. The second kappa shape index (κ2) is 8.17. The van der Waals surface area contributed by atoms with Crippen LogP contribution >= 0.6 is 15.9 Å². The first-order valence-electron chi connectivity index (χ1n) is 8.66. The number of aryl methyl sites for hydroxylation is 1. The minimum atomic E-state index is -1.29. The molecule has 2 aromatic rings. The average molecular weight is 452 g/mol. The maximum atomic E-state index is 14.0. The Bertz CT molecular complexity index is 932. The van der Waals surface area contributed by atoms with E-state index in [4.69, 9.17) is 0 Å². The molecule has 0 spiro atoms. The van der Waals surface area contributed by atoms with Crippen molar-refractivity contribution < 1.29 is 18.8 Å². The lowest BCUT2D eigenvalue weighted by atomic mass is 10.2. The maximum absolute atomic E-state index is 14.0. The van der Waals surface area contributed by atoms with E-state index in [1.165, 1.54) is 22.6 Å². The fourth-order valence-electron chi connectivity index (χ4n) is 3.07. The number of likely N-dealkylation sites (tertiary alicyclic amines) is 1. The highest BCUT2D eigenvalue weighted by Gasteiger charge is 2.40. The Morgan fingerprint density at radius 1 is 1.32 bits per heavy atom. The van der Waals surface area contributed by atoms with Crippen LogP contribution in [-0.2, 0) is 16.1 Å². The van der Waals surface area contributed by atoms with Crippen LogP contribution in [-0.4, -0.2) is 55.8 Å². The summed E-state index contributed by atoms with van der Waals surface area (Å²) in [6.45, 7) is 2.77. The number of anilines is 1. The van der Waals surface area contributed by atoms with Crippen LogP contribution in [0.4, 0.5) is 10.2 Å². The Balaban J connectivity index is 1.73. The highest BCUT2D eigenvalue weighted by molar-refractivity contribution is 9.10. The summed E-state index contributed by atoms with van der Waals surface area (Å²) in [5.74, 6) is -0.318. The molecule has 1 saturated heterocycles. The van der Waals surface area contributed by atoms with Crippen molar-refractivity contribution in [2.75, 3.05) is 11.9 Å². The highest BCUT2D eigenvalue weighted by Crippen LogP contribution is 2.23. The van der Waals surface area contributed by atoms with Gasteiger partial charge in [-0.25, -0.2) is 14.4 Å². The van der Waals surface area contributed by atoms with E-state index in [-0.39, 0.29) is 31.0 Å². The molecule has 0 aliphatic carbocycles. The van der Waals surface area contributed by atoms with E-state index in [1.807, 2.05) is 0 Å². The number of pyridine rings is 1. The molecule has 3 heterocycles. The molecule has 8 nitrogen and oxygen atoms in total. The van der Waals surface area contributed by atoms with Crippen LogP contribution in [0.3, 0.4) is 0 Å². The lowest BCUT2D eigenvalue weighted by Gasteiger charge is -2.23. The van der Waals surface area contributed by atoms with Gasteiger partial charge >= 0.3 is 0 Å². The smallest absolute Gasteiger partial charge is 0.248 e. The summed E-state index contributed by atoms with van der Waals surface area (Å²) in [5, 5.41) is 2.62. The van der Waals surface area contributed by atoms with E-state index in [0.717, 1.165) is 0 Å². The quantitative estimate of drug-likeness (QED) is 0.554. The number of nitrogens with zero attached hydrogens (tertiary/aromatic N) is 4. The summed E-state index contributed by atoms with van der Waals surface area (Å²) >= 11 is 3.22. The van der Waals surface area contributed by atoms with Gasteiger partial charge in [0, 0.05) is 19.5 Å². The molecular formula is C18H19BrFN5O3. The summed E-state index contributed by atoms with van der Waals surface area (Å²) < 4.78 is 16.1. The number of hydrogen-bond donors (Lipinski definition) is 1. The monoisotopic (exact) mass is 451 g/mol. The summed E-state index contributed by atoms with van der Waals surface area (Å²) in [5.41, 5.74) is 0.255. The predicted octanol–water partition coefficient (Wildman–Crippen LogP) is 2.13. The van der Waals surface area contributed by atoms with Crippen molar-refractivity contribution in [3.8, 4) is 0 Å². The van der Waals surface area contributed by atoms with E-state index in [1.54, 1.807) is 25.1 Å². The Kier molecular flexibility index (Phi) is 5.87. The first-order chi connectivity index (χ1) is 13.2. The van der Waals surface area contributed by atoms with Gasteiger partial charge in [0.25, 0.3) is 0 Å². The molecule has 0 unspecified atom stereocenters. The second-order valence-corrected chi connectivity index (χ2v) is 7.40. The molecular weight excluding hydrogens is 433 g/mol. The number of aromatic nitrogens is 3. The number of rotatable bonds is 5. The molecule has 3 rings (SSSR count). The van der Waals surface area contributed by atoms with Gasteiger partial charge in [0.05, 0.1) is 6.54 Å². The molecule has 1 fully saturated rings. The Hall–Kier alpha value is -2.62. The minimum Gasteiger partial charge on any atom is -0.326 e. The number of carbonyl (C=O) groups excluding carboxylic acids is 3. The number of nitrogens with one attached hydrogen (secondary N) is 1. The normalized spacial score (nSPS) is 18.9. The summed E-state index contributed by atoms with van der Waals surface area (Å²) in [7, 11) is 0. The van der Waals surface area contributed by atoms with Gasteiger partial charge in [-0.1, -0.05) is 6.07 Å². The number of amides is 2. The first-order valence-corrected chi connectivity index (χ1v) is 9.45. The van der Waals surface area contributed by atoms with Gasteiger partial charge in [-0.2, -0.15) is 0 Å². The molecule has 2 amide bonds. The van der Waals surface area contributed by atoms with E-state index in [9.17, 15) is 18.8 Å². The van der Waals surface area contributed by atoms with E-state index in [2.05, 4.69) is 31.2 Å². The van der Waals surface area contributed by atoms with Crippen molar-refractivity contribution in [3.63, 3.8) is 0 Å². The Morgan fingerprint density at radius 3 is 2.71 bits per heavy atom. The van der Waals surface area contributed by atoms with Gasteiger partial charge < -0.3 is 14.8 Å². The van der Waals surface area contributed by atoms with Crippen LogP contribution in [0.25, 0.3) is 0 Å². The lowest BCUT2D eigenvalue weighted by molar-refractivity contribution is -0.137. The van der Waals surface area contributed by atoms with Crippen molar-refractivity contribution in [1.82, 2.24) is 19.4 Å². The minimum absolute atomic E-state index is 0.0762. The molecule has 148 valence electrons. The fraction of sp³-hybridized carbons (Fsp3) is 0.389. The number of alkyl halides is 1. The average Bonchev–Trinajstić information content (AvgIpc) is 3.18. The van der Waals surface area contributed by atoms with Crippen LogP contribution in [0.2, 0.25) is 0 Å². The molecule has 1 N–H and O–H groups in total. The number of ketones is 1. The standard InChI is InChI=1S/C18H19BrFN5O3/c1-10(26)13-8-24(11(2)21-13)9-17(27)25-7-12(20)6-14(25)18(28)23-16-5-3-4-15(19)22-16/h3-5,8,12,14H,6-7,9H2,1-2H3,(H,22,23,28)/t12-,14+/m1/s1. The van der Waals surface area contributed by atoms with Gasteiger partial charge in [-0.3, -0.25) is 14.4 Å². The van der Waals surface area contributed by atoms with Crippen molar-refractivity contribution in [1.29, 1.82) is 0 Å². The van der Waals surface area contributed by atoms with Gasteiger partial charge in [-0.15, -0.1) is 0 Å². The molecule has 28 heavy (non-hydrogen) atoms. The molecule has 0 bridgehead atoms. The third-order valence-corrected chi connectivity index (χ3v) is 4.92. The number of Topliss-reactive ketones (excluding diaryl/α,β-unsaturated/α-hetero) is 1. The van der Waals surface area contributed by atoms with E-state index < -0.39 is 24.0 Å². The predicted molar refractivity (Wildman–Crippen MR) is 103 cm³/mol. The third kappa shape index (κ3) is 4.44. The SMILES string of the molecule is CC(=O)c1cn(CC(=O)N2C[C@H](F)C[C@H]2C(=O)Nc2cccc(Br)n2)c(C)n1. The summed E-state index contributed by atoms with van der Waals surface area (Å²) in [6.07, 6.45) is 0.124. The molecule has 1 aliphatic rings. The van der Waals surface area contributed by atoms with Crippen LogP contribution in [0.1, 0.15) is 29.7 Å². The number of carbonyl (C=O) groups is 3. The zero-order valence-electron chi connectivity index (χ0n) is 15.4. The summed E-state index contributed by atoms with van der Waals surface area (Å²) in [6, 6.07) is 4.09. The number of halogens is 2. The molecule has 1 aliphatic heterocycles. The number of imidazole rings is 1. The van der Waals surface area contributed by atoms with Crippen molar-refractivity contribution in [3.05, 3.63) is 40.5 Å². The Morgan fingerprint density at radius 2 is 2.07 bits per heavy atom.